The zero-order valence-electron chi connectivity index (χ0n) is 10.4. The van der Waals surface area contributed by atoms with E-state index in [4.69, 9.17) is 23.2 Å². The molecule has 0 aliphatic rings. The maximum Gasteiger partial charge on any atom is 0.249 e. The fraction of sp³-hybridized carbons (Fsp3) is 0. The number of aromatic nitrogens is 1. The summed E-state index contributed by atoms with van der Waals surface area (Å²) in [6, 6.07) is 6.16. The highest BCUT2D eigenvalue weighted by molar-refractivity contribution is 9.10. The van der Waals surface area contributed by atoms with Crippen LogP contribution in [0.3, 0.4) is 0 Å². The second-order valence-electron chi connectivity index (χ2n) is 3.97. The van der Waals surface area contributed by atoms with Gasteiger partial charge in [0.05, 0.1) is 10.7 Å². The van der Waals surface area contributed by atoms with Gasteiger partial charge in [0.25, 0.3) is 0 Å². The first-order valence-electron chi connectivity index (χ1n) is 5.71. The maximum atomic E-state index is 12.9. The van der Waals surface area contributed by atoms with Crippen molar-refractivity contribution in [3.05, 3.63) is 62.4 Å². The SMILES string of the molecule is O=C(/C=C/c1ccc(Cl)cc1Cl)Nc1ncc(F)cc1Br. The van der Waals surface area contributed by atoms with E-state index in [1.165, 1.54) is 12.1 Å². The van der Waals surface area contributed by atoms with Crippen LogP contribution in [0.15, 0.2) is 41.0 Å². The van der Waals surface area contributed by atoms with E-state index in [-0.39, 0.29) is 5.82 Å². The molecule has 1 amide bonds. The number of nitrogens with one attached hydrogen (secondary N) is 1. The number of amides is 1. The lowest BCUT2D eigenvalue weighted by atomic mass is 10.2. The minimum atomic E-state index is -0.497. The summed E-state index contributed by atoms with van der Waals surface area (Å²) in [7, 11) is 0. The maximum absolute atomic E-state index is 12.9. The van der Waals surface area contributed by atoms with E-state index >= 15 is 0 Å². The molecule has 0 aliphatic heterocycles. The molecule has 0 saturated carbocycles. The summed E-state index contributed by atoms with van der Waals surface area (Å²) in [5, 5.41) is 3.47. The van der Waals surface area contributed by atoms with E-state index in [9.17, 15) is 9.18 Å². The van der Waals surface area contributed by atoms with Gasteiger partial charge in [-0.3, -0.25) is 4.79 Å². The van der Waals surface area contributed by atoms with E-state index < -0.39 is 11.7 Å². The summed E-state index contributed by atoms with van der Waals surface area (Å²) in [4.78, 5) is 15.6. The van der Waals surface area contributed by atoms with Crippen molar-refractivity contribution < 1.29 is 9.18 Å². The number of hydrogen-bond donors (Lipinski definition) is 1. The van der Waals surface area contributed by atoms with Gasteiger partial charge in [-0.1, -0.05) is 29.3 Å². The first-order chi connectivity index (χ1) is 9.95. The molecule has 7 heteroatoms. The summed E-state index contributed by atoms with van der Waals surface area (Å²) in [5.41, 5.74) is 0.655. The molecule has 0 bridgehead atoms. The molecular formula is C14H8BrCl2FN2O. The summed E-state index contributed by atoms with van der Waals surface area (Å²) in [6.45, 7) is 0. The molecule has 2 rings (SSSR count). The minimum absolute atomic E-state index is 0.230. The number of carbonyl (C=O) groups is 1. The summed E-state index contributed by atoms with van der Waals surface area (Å²) < 4.78 is 13.2. The number of benzene rings is 1. The molecule has 1 heterocycles. The van der Waals surface area contributed by atoms with Gasteiger partial charge in [-0.2, -0.15) is 0 Å². The third-order valence-corrected chi connectivity index (χ3v) is 3.59. The number of pyridine rings is 1. The van der Waals surface area contributed by atoms with Gasteiger partial charge in [0, 0.05) is 16.1 Å². The lowest BCUT2D eigenvalue weighted by Gasteiger charge is -2.03. The topological polar surface area (TPSA) is 42.0 Å². The second-order valence-corrected chi connectivity index (χ2v) is 5.67. The Bertz CT molecular complexity index is 722. The molecule has 1 N–H and O–H groups in total. The summed E-state index contributed by atoms with van der Waals surface area (Å²) in [6.07, 6.45) is 3.86. The van der Waals surface area contributed by atoms with Crippen molar-refractivity contribution in [2.45, 2.75) is 0 Å². The Hall–Kier alpha value is -1.43. The van der Waals surface area contributed by atoms with Crippen LogP contribution in [0.4, 0.5) is 10.2 Å². The van der Waals surface area contributed by atoms with Crippen LogP contribution in [0.1, 0.15) is 5.56 Å². The van der Waals surface area contributed by atoms with Crippen molar-refractivity contribution >= 4 is 56.9 Å². The molecule has 3 nitrogen and oxygen atoms in total. The Kier molecular flexibility index (Phi) is 5.33. The standard InChI is InChI=1S/C14H8BrCl2FN2O/c15-11-6-10(18)7-19-14(11)20-13(21)4-2-8-1-3-9(16)5-12(8)17/h1-7H,(H,19,20,21)/b4-2+. The number of hydrogen-bond acceptors (Lipinski definition) is 2. The van der Waals surface area contributed by atoms with Gasteiger partial charge in [0.2, 0.25) is 5.91 Å². The molecule has 2 aromatic rings. The molecule has 0 unspecified atom stereocenters. The number of halogens is 4. The number of anilines is 1. The van der Waals surface area contributed by atoms with Crippen LogP contribution in [-0.4, -0.2) is 10.9 Å². The van der Waals surface area contributed by atoms with E-state index in [0.717, 1.165) is 6.20 Å². The fourth-order valence-electron chi connectivity index (χ4n) is 1.47. The molecule has 108 valence electrons. The molecule has 1 aromatic heterocycles. The quantitative estimate of drug-likeness (QED) is 0.755. The predicted molar refractivity (Wildman–Crippen MR) is 86.0 cm³/mol. The Balaban J connectivity index is 2.09. The van der Waals surface area contributed by atoms with Crippen LogP contribution in [0, 0.1) is 5.82 Å². The largest absolute Gasteiger partial charge is 0.306 e. The zero-order valence-corrected chi connectivity index (χ0v) is 13.5. The van der Waals surface area contributed by atoms with E-state index in [1.807, 2.05) is 0 Å². The average molecular weight is 390 g/mol. The molecule has 21 heavy (non-hydrogen) atoms. The minimum Gasteiger partial charge on any atom is -0.306 e. The highest BCUT2D eigenvalue weighted by Gasteiger charge is 2.06. The van der Waals surface area contributed by atoms with Crippen LogP contribution in [0.25, 0.3) is 6.08 Å². The molecular weight excluding hydrogens is 382 g/mol. The number of nitrogens with zero attached hydrogens (tertiary/aromatic N) is 1. The molecule has 0 fully saturated rings. The summed E-state index contributed by atoms with van der Waals surface area (Å²) >= 11 is 14.9. The van der Waals surface area contributed by atoms with E-state index in [1.54, 1.807) is 24.3 Å². The van der Waals surface area contributed by atoms with Crippen LogP contribution in [-0.2, 0) is 4.79 Å². The normalized spacial score (nSPS) is 10.9. The van der Waals surface area contributed by atoms with Crippen LogP contribution < -0.4 is 5.32 Å². The molecule has 0 spiro atoms. The molecule has 0 radical (unpaired) electrons. The lowest BCUT2D eigenvalue weighted by Crippen LogP contribution is -2.09. The van der Waals surface area contributed by atoms with E-state index in [2.05, 4.69) is 26.2 Å². The van der Waals surface area contributed by atoms with Crippen LogP contribution >= 0.6 is 39.1 Å². The highest BCUT2D eigenvalue weighted by Crippen LogP contribution is 2.22. The van der Waals surface area contributed by atoms with Gasteiger partial charge in [-0.25, -0.2) is 9.37 Å². The number of rotatable bonds is 3. The van der Waals surface area contributed by atoms with Crippen molar-refractivity contribution in [3.8, 4) is 0 Å². The van der Waals surface area contributed by atoms with Crippen LogP contribution in [0.5, 0.6) is 0 Å². The van der Waals surface area contributed by atoms with E-state index in [0.29, 0.717) is 20.1 Å². The first kappa shape index (κ1) is 15.9. The molecule has 0 aliphatic carbocycles. The molecule has 0 saturated heterocycles. The third-order valence-electron chi connectivity index (χ3n) is 2.43. The van der Waals surface area contributed by atoms with Crippen LogP contribution in [0.2, 0.25) is 10.0 Å². The van der Waals surface area contributed by atoms with Gasteiger partial charge in [-0.15, -0.1) is 0 Å². The lowest BCUT2D eigenvalue weighted by molar-refractivity contribution is -0.111. The van der Waals surface area contributed by atoms with Gasteiger partial charge < -0.3 is 5.32 Å². The average Bonchev–Trinajstić information content (AvgIpc) is 2.41. The molecule has 1 aromatic carbocycles. The third kappa shape index (κ3) is 4.52. The van der Waals surface area contributed by atoms with Crippen molar-refractivity contribution in [2.75, 3.05) is 5.32 Å². The van der Waals surface area contributed by atoms with Gasteiger partial charge in [-0.05, 0) is 45.8 Å². The smallest absolute Gasteiger partial charge is 0.249 e. The van der Waals surface area contributed by atoms with Crippen molar-refractivity contribution in [3.63, 3.8) is 0 Å². The number of carbonyl (C=O) groups excluding carboxylic acids is 1. The predicted octanol–water partition coefficient (Wildman–Crippen LogP) is 4.94. The Morgan fingerprint density at radius 1 is 1.33 bits per heavy atom. The van der Waals surface area contributed by atoms with Crippen molar-refractivity contribution in [2.24, 2.45) is 0 Å². The Morgan fingerprint density at radius 3 is 2.76 bits per heavy atom. The monoisotopic (exact) mass is 388 g/mol. The van der Waals surface area contributed by atoms with Gasteiger partial charge in [0.1, 0.15) is 11.6 Å². The second kappa shape index (κ2) is 7.02. The van der Waals surface area contributed by atoms with Crippen molar-refractivity contribution in [1.29, 1.82) is 0 Å². The van der Waals surface area contributed by atoms with Gasteiger partial charge in [0.15, 0.2) is 0 Å². The molecule has 0 atom stereocenters. The van der Waals surface area contributed by atoms with Crippen molar-refractivity contribution in [1.82, 2.24) is 4.98 Å². The zero-order chi connectivity index (χ0) is 15.4. The highest BCUT2D eigenvalue weighted by atomic mass is 79.9. The Morgan fingerprint density at radius 2 is 2.10 bits per heavy atom. The van der Waals surface area contributed by atoms with Gasteiger partial charge >= 0.3 is 0 Å². The summed E-state index contributed by atoms with van der Waals surface area (Å²) in [5.74, 6) is -0.683. The fourth-order valence-corrected chi connectivity index (χ4v) is 2.36. The first-order valence-corrected chi connectivity index (χ1v) is 7.26. The Labute approximate surface area is 138 Å².